The zero-order valence-corrected chi connectivity index (χ0v) is 11.3. The number of nitrogens with one attached hydrogen (secondary N) is 1. The molecule has 0 spiro atoms. The van der Waals surface area contributed by atoms with E-state index in [0.717, 1.165) is 0 Å². The summed E-state index contributed by atoms with van der Waals surface area (Å²) in [6, 6.07) is 4.36. The van der Waals surface area contributed by atoms with Gasteiger partial charge in [-0.25, -0.2) is 4.39 Å². The normalized spacial score (nSPS) is 12.8. The number of allylic oxidation sites excluding steroid dienone is 3. The van der Waals surface area contributed by atoms with Crippen molar-refractivity contribution in [2.75, 3.05) is 7.11 Å². The molecular weight excluding hydrogens is 245 g/mol. The molecule has 1 aromatic carbocycles. The van der Waals surface area contributed by atoms with Crippen LogP contribution in [0.3, 0.4) is 0 Å². The Labute approximate surface area is 112 Å². The summed E-state index contributed by atoms with van der Waals surface area (Å²) in [7, 11) is 1.41. The van der Waals surface area contributed by atoms with E-state index in [1.54, 1.807) is 31.2 Å². The first-order valence-corrected chi connectivity index (χ1v) is 6.01. The number of rotatable bonds is 5. The van der Waals surface area contributed by atoms with E-state index in [0.29, 0.717) is 5.56 Å². The van der Waals surface area contributed by atoms with Crippen LogP contribution >= 0.6 is 0 Å². The van der Waals surface area contributed by atoms with Gasteiger partial charge in [-0.2, -0.15) is 0 Å². The molecule has 0 aromatic heterocycles. The molecule has 0 bridgehead atoms. The number of benzene rings is 1. The average Bonchev–Trinajstić information content (AvgIpc) is 2.38. The SMILES string of the molecule is C/C=C/C=C/C(=O)NC(C)c1ccc(OC)c(F)c1. The number of amides is 1. The summed E-state index contributed by atoms with van der Waals surface area (Å²) in [4.78, 5) is 11.6. The van der Waals surface area contributed by atoms with E-state index in [9.17, 15) is 9.18 Å². The second kappa shape index (κ2) is 7.36. The van der Waals surface area contributed by atoms with E-state index in [2.05, 4.69) is 5.32 Å². The highest BCUT2D eigenvalue weighted by Gasteiger charge is 2.10. The van der Waals surface area contributed by atoms with Gasteiger partial charge >= 0.3 is 0 Å². The summed E-state index contributed by atoms with van der Waals surface area (Å²) in [5, 5.41) is 2.75. The van der Waals surface area contributed by atoms with E-state index in [1.165, 1.54) is 19.3 Å². The third kappa shape index (κ3) is 4.58. The van der Waals surface area contributed by atoms with Crippen molar-refractivity contribution < 1.29 is 13.9 Å². The van der Waals surface area contributed by atoms with Crippen LogP contribution in [0.5, 0.6) is 5.75 Å². The van der Waals surface area contributed by atoms with Gasteiger partial charge in [0.15, 0.2) is 11.6 Å². The molecule has 0 aliphatic heterocycles. The molecule has 1 rings (SSSR count). The smallest absolute Gasteiger partial charge is 0.244 e. The van der Waals surface area contributed by atoms with Gasteiger partial charge in [-0.15, -0.1) is 0 Å². The van der Waals surface area contributed by atoms with Crippen LogP contribution in [-0.2, 0) is 4.79 Å². The summed E-state index contributed by atoms with van der Waals surface area (Å²) in [6.07, 6.45) is 6.66. The fraction of sp³-hybridized carbons (Fsp3) is 0.267. The molecule has 0 saturated heterocycles. The van der Waals surface area contributed by atoms with Gasteiger partial charge in [0.1, 0.15) is 0 Å². The van der Waals surface area contributed by atoms with Gasteiger partial charge in [-0.3, -0.25) is 4.79 Å². The number of methoxy groups -OCH3 is 1. The van der Waals surface area contributed by atoms with Crippen molar-refractivity contribution in [3.63, 3.8) is 0 Å². The fourth-order valence-electron chi connectivity index (χ4n) is 1.55. The van der Waals surface area contributed by atoms with Gasteiger partial charge in [0.25, 0.3) is 0 Å². The first-order valence-electron chi connectivity index (χ1n) is 6.01. The number of carbonyl (C=O) groups excluding carboxylic acids is 1. The van der Waals surface area contributed by atoms with Crippen molar-refractivity contribution in [3.8, 4) is 5.75 Å². The van der Waals surface area contributed by atoms with E-state index in [4.69, 9.17) is 4.74 Å². The molecule has 0 aliphatic carbocycles. The van der Waals surface area contributed by atoms with Gasteiger partial charge in [-0.1, -0.05) is 24.3 Å². The molecule has 1 amide bonds. The molecule has 1 atom stereocenters. The third-order valence-corrected chi connectivity index (χ3v) is 2.59. The van der Waals surface area contributed by atoms with Crippen molar-refractivity contribution in [1.82, 2.24) is 5.32 Å². The zero-order chi connectivity index (χ0) is 14.3. The van der Waals surface area contributed by atoms with Gasteiger partial charge < -0.3 is 10.1 Å². The molecule has 1 aromatic rings. The Morgan fingerprint density at radius 3 is 2.74 bits per heavy atom. The van der Waals surface area contributed by atoms with E-state index >= 15 is 0 Å². The van der Waals surface area contributed by atoms with Crippen LogP contribution in [0.15, 0.2) is 42.5 Å². The Kier molecular flexibility index (Phi) is 5.79. The topological polar surface area (TPSA) is 38.3 Å². The molecule has 0 radical (unpaired) electrons. The maximum absolute atomic E-state index is 13.5. The minimum Gasteiger partial charge on any atom is -0.494 e. The average molecular weight is 263 g/mol. The summed E-state index contributed by atoms with van der Waals surface area (Å²) in [6.45, 7) is 3.66. The molecule has 102 valence electrons. The molecule has 0 heterocycles. The van der Waals surface area contributed by atoms with Gasteiger partial charge in [0.05, 0.1) is 13.2 Å². The number of hydrogen-bond donors (Lipinski definition) is 1. The number of halogens is 1. The van der Waals surface area contributed by atoms with Crippen LogP contribution in [0.2, 0.25) is 0 Å². The Morgan fingerprint density at radius 1 is 1.42 bits per heavy atom. The molecular formula is C15H18FNO2. The predicted octanol–water partition coefficient (Wildman–Crippen LogP) is 3.14. The molecule has 0 saturated carbocycles. The Bertz CT molecular complexity index is 495. The summed E-state index contributed by atoms with van der Waals surface area (Å²) in [5.74, 6) is -0.470. The quantitative estimate of drug-likeness (QED) is 0.654. The van der Waals surface area contributed by atoms with Crippen LogP contribution in [0, 0.1) is 5.82 Å². The largest absolute Gasteiger partial charge is 0.494 e. The zero-order valence-electron chi connectivity index (χ0n) is 11.3. The summed E-state index contributed by atoms with van der Waals surface area (Å²) < 4.78 is 18.4. The molecule has 4 heteroatoms. The maximum atomic E-state index is 13.5. The second-order valence-electron chi connectivity index (χ2n) is 4.01. The molecule has 0 fully saturated rings. The van der Waals surface area contributed by atoms with Crippen LogP contribution in [0.25, 0.3) is 0 Å². The monoisotopic (exact) mass is 263 g/mol. The lowest BCUT2D eigenvalue weighted by Crippen LogP contribution is -2.24. The summed E-state index contributed by atoms with van der Waals surface area (Å²) in [5.41, 5.74) is 0.686. The van der Waals surface area contributed by atoms with Crippen LogP contribution in [-0.4, -0.2) is 13.0 Å². The second-order valence-corrected chi connectivity index (χ2v) is 4.01. The lowest BCUT2D eigenvalue weighted by molar-refractivity contribution is -0.117. The maximum Gasteiger partial charge on any atom is 0.244 e. The number of ether oxygens (including phenoxy) is 1. The van der Waals surface area contributed by atoms with Gasteiger partial charge in [-0.05, 0) is 31.5 Å². The van der Waals surface area contributed by atoms with Crippen molar-refractivity contribution in [3.05, 3.63) is 53.9 Å². The standard InChI is InChI=1S/C15H18FNO2/c1-4-5-6-7-15(18)17-11(2)12-8-9-14(19-3)13(16)10-12/h4-11H,1-3H3,(H,17,18)/b5-4+,7-6+. The first-order chi connectivity index (χ1) is 9.08. The minimum absolute atomic E-state index is 0.190. The molecule has 1 unspecified atom stereocenters. The lowest BCUT2D eigenvalue weighted by Gasteiger charge is -2.13. The van der Waals surface area contributed by atoms with Gasteiger partial charge in [0.2, 0.25) is 5.91 Å². The van der Waals surface area contributed by atoms with E-state index in [1.807, 2.05) is 13.0 Å². The van der Waals surface area contributed by atoms with Crippen molar-refractivity contribution in [2.45, 2.75) is 19.9 Å². The Morgan fingerprint density at radius 2 is 2.16 bits per heavy atom. The van der Waals surface area contributed by atoms with Crippen molar-refractivity contribution in [2.24, 2.45) is 0 Å². The highest BCUT2D eigenvalue weighted by Crippen LogP contribution is 2.21. The van der Waals surface area contributed by atoms with E-state index in [-0.39, 0.29) is 17.7 Å². The first kappa shape index (κ1) is 15.0. The molecule has 3 nitrogen and oxygen atoms in total. The fourth-order valence-corrected chi connectivity index (χ4v) is 1.55. The highest BCUT2D eigenvalue weighted by atomic mass is 19.1. The third-order valence-electron chi connectivity index (χ3n) is 2.59. The number of carbonyl (C=O) groups is 1. The molecule has 19 heavy (non-hydrogen) atoms. The van der Waals surface area contributed by atoms with Gasteiger partial charge in [0, 0.05) is 6.08 Å². The molecule has 1 N–H and O–H groups in total. The lowest BCUT2D eigenvalue weighted by atomic mass is 10.1. The molecule has 0 aliphatic rings. The Hall–Kier alpha value is -2.10. The van der Waals surface area contributed by atoms with Crippen molar-refractivity contribution >= 4 is 5.91 Å². The highest BCUT2D eigenvalue weighted by molar-refractivity contribution is 5.88. The van der Waals surface area contributed by atoms with E-state index < -0.39 is 5.82 Å². The minimum atomic E-state index is -0.439. The van der Waals surface area contributed by atoms with Crippen LogP contribution in [0.4, 0.5) is 4.39 Å². The number of hydrogen-bond acceptors (Lipinski definition) is 2. The Balaban J connectivity index is 2.70. The van der Waals surface area contributed by atoms with Crippen molar-refractivity contribution in [1.29, 1.82) is 0 Å². The summed E-state index contributed by atoms with van der Waals surface area (Å²) >= 11 is 0. The van der Waals surface area contributed by atoms with Crippen LogP contribution < -0.4 is 10.1 Å². The van der Waals surface area contributed by atoms with Crippen LogP contribution in [0.1, 0.15) is 25.5 Å². The predicted molar refractivity (Wildman–Crippen MR) is 73.5 cm³/mol.